The van der Waals surface area contributed by atoms with Gasteiger partial charge >= 0.3 is 5.97 Å². The molecule has 0 saturated carbocycles. The fourth-order valence-corrected chi connectivity index (χ4v) is 3.42. The maximum absolute atomic E-state index is 11.6. The molecule has 0 aliphatic carbocycles. The number of benzene rings is 1. The predicted octanol–water partition coefficient (Wildman–Crippen LogP) is 1.94. The number of carboxylic acid groups (broad SMARTS) is 1. The summed E-state index contributed by atoms with van der Waals surface area (Å²) in [5.41, 5.74) is 8.17. The van der Waals surface area contributed by atoms with Gasteiger partial charge in [-0.25, -0.2) is 4.79 Å². The highest BCUT2D eigenvalue weighted by Gasteiger charge is 2.17. The van der Waals surface area contributed by atoms with Crippen LogP contribution in [-0.2, 0) is 13.0 Å². The van der Waals surface area contributed by atoms with Gasteiger partial charge in [-0.1, -0.05) is 6.07 Å². The van der Waals surface area contributed by atoms with Gasteiger partial charge in [0.05, 0.1) is 5.56 Å². The summed E-state index contributed by atoms with van der Waals surface area (Å²) in [5, 5.41) is 10.4. The van der Waals surface area contributed by atoms with E-state index in [1.807, 2.05) is 12.1 Å². The van der Waals surface area contributed by atoms with Crippen LogP contribution in [-0.4, -0.2) is 46.7 Å². The number of carbonyl (C=O) groups is 1. The second kappa shape index (κ2) is 6.50. The number of nitrogens with two attached hydrogens (primary N) is 1. The van der Waals surface area contributed by atoms with Crippen LogP contribution in [0.2, 0.25) is 0 Å². The van der Waals surface area contributed by atoms with E-state index in [1.165, 1.54) is 12.8 Å². The molecule has 0 spiro atoms. The minimum absolute atomic E-state index is 0.393. The Kier molecular flexibility index (Phi) is 4.45. The van der Waals surface area contributed by atoms with E-state index < -0.39 is 5.97 Å². The summed E-state index contributed by atoms with van der Waals surface area (Å²) in [4.78, 5) is 14.0. The van der Waals surface area contributed by atoms with E-state index in [2.05, 4.69) is 15.7 Å². The third kappa shape index (κ3) is 2.87. The Balaban J connectivity index is 1.97. The molecule has 0 unspecified atom stereocenters. The van der Waals surface area contributed by atoms with Crippen LogP contribution in [0.15, 0.2) is 24.4 Å². The number of nitrogens with zero attached hydrogens (tertiary/aromatic N) is 2. The van der Waals surface area contributed by atoms with Crippen molar-refractivity contribution in [3.05, 3.63) is 35.5 Å². The maximum Gasteiger partial charge on any atom is 0.336 e. The summed E-state index contributed by atoms with van der Waals surface area (Å²) < 4.78 is 2.08. The van der Waals surface area contributed by atoms with Gasteiger partial charge in [0, 0.05) is 36.7 Å². The van der Waals surface area contributed by atoms with Crippen molar-refractivity contribution in [3.63, 3.8) is 0 Å². The first-order chi connectivity index (χ1) is 10.7. The maximum atomic E-state index is 11.6. The number of likely N-dealkylation sites (tertiary alicyclic amines) is 1. The van der Waals surface area contributed by atoms with E-state index in [0.29, 0.717) is 18.7 Å². The molecule has 3 N–H and O–H groups in total. The van der Waals surface area contributed by atoms with Gasteiger partial charge in [0.2, 0.25) is 0 Å². The van der Waals surface area contributed by atoms with Gasteiger partial charge in [-0.2, -0.15) is 0 Å². The fourth-order valence-electron chi connectivity index (χ4n) is 3.42. The van der Waals surface area contributed by atoms with Gasteiger partial charge in [0.15, 0.2) is 0 Å². The third-order valence-corrected chi connectivity index (χ3v) is 4.48. The average Bonchev–Trinajstić information content (AvgIpc) is 3.13. The molecule has 0 bridgehead atoms. The Bertz CT molecular complexity index is 672. The van der Waals surface area contributed by atoms with Crippen molar-refractivity contribution in [1.29, 1.82) is 0 Å². The fraction of sp³-hybridized carbons (Fsp3) is 0.471. The van der Waals surface area contributed by atoms with Crippen molar-refractivity contribution < 1.29 is 9.90 Å². The van der Waals surface area contributed by atoms with E-state index in [9.17, 15) is 9.90 Å². The van der Waals surface area contributed by atoms with E-state index in [0.717, 1.165) is 42.5 Å². The van der Waals surface area contributed by atoms with Crippen LogP contribution in [0.25, 0.3) is 10.9 Å². The van der Waals surface area contributed by atoms with Crippen LogP contribution >= 0.6 is 0 Å². The molecule has 0 amide bonds. The normalized spacial score (nSPS) is 15.7. The summed E-state index contributed by atoms with van der Waals surface area (Å²) in [7, 11) is 0. The largest absolute Gasteiger partial charge is 0.478 e. The van der Waals surface area contributed by atoms with Gasteiger partial charge in [-0.3, -0.25) is 0 Å². The molecule has 0 atom stereocenters. The summed E-state index contributed by atoms with van der Waals surface area (Å²) in [6.07, 6.45) is 5.52. The first-order valence-electron chi connectivity index (χ1n) is 7.97. The Morgan fingerprint density at radius 2 is 2.00 bits per heavy atom. The number of aromatic nitrogens is 1. The van der Waals surface area contributed by atoms with E-state index >= 15 is 0 Å². The van der Waals surface area contributed by atoms with Gasteiger partial charge < -0.3 is 20.3 Å². The standard InChI is InChI=1S/C17H23N3O2/c18-7-11-20-12-13(6-10-19-8-1-2-9-19)16-14(17(21)22)4-3-5-15(16)20/h3-5,12H,1-2,6-11,18H2,(H,21,22). The highest BCUT2D eigenvalue weighted by atomic mass is 16.4. The molecular formula is C17H23N3O2. The monoisotopic (exact) mass is 301 g/mol. The lowest BCUT2D eigenvalue weighted by Gasteiger charge is -2.13. The molecule has 1 aliphatic heterocycles. The van der Waals surface area contributed by atoms with Crippen molar-refractivity contribution >= 4 is 16.9 Å². The molecule has 1 saturated heterocycles. The third-order valence-electron chi connectivity index (χ3n) is 4.48. The van der Waals surface area contributed by atoms with Crippen LogP contribution in [0.1, 0.15) is 28.8 Å². The minimum Gasteiger partial charge on any atom is -0.478 e. The van der Waals surface area contributed by atoms with Crippen LogP contribution in [0.4, 0.5) is 0 Å². The zero-order valence-electron chi connectivity index (χ0n) is 12.8. The number of hydrogen-bond acceptors (Lipinski definition) is 3. The molecule has 22 heavy (non-hydrogen) atoms. The average molecular weight is 301 g/mol. The zero-order valence-corrected chi connectivity index (χ0v) is 12.8. The SMILES string of the molecule is NCCn1cc(CCN2CCCC2)c2c(C(=O)O)cccc21. The Morgan fingerprint density at radius 3 is 2.68 bits per heavy atom. The zero-order chi connectivity index (χ0) is 15.5. The summed E-state index contributed by atoms with van der Waals surface area (Å²) in [5.74, 6) is -0.862. The molecule has 1 fully saturated rings. The summed E-state index contributed by atoms with van der Waals surface area (Å²) in [6.45, 7) is 4.58. The van der Waals surface area contributed by atoms with Crippen LogP contribution < -0.4 is 5.73 Å². The van der Waals surface area contributed by atoms with Crippen LogP contribution in [0.5, 0.6) is 0 Å². The Labute approximate surface area is 130 Å². The van der Waals surface area contributed by atoms with Crippen LogP contribution in [0.3, 0.4) is 0 Å². The Hall–Kier alpha value is -1.85. The molecule has 1 aliphatic rings. The Morgan fingerprint density at radius 1 is 1.23 bits per heavy atom. The van der Waals surface area contributed by atoms with Crippen molar-refractivity contribution in [3.8, 4) is 0 Å². The smallest absolute Gasteiger partial charge is 0.336 e. The number of rotatable bonds is 6. The van der Waals surface area contributed by atoms with Crippen molar-refractivity contribution in [2.24, 2.45) is 5.73 Å². The molecule has 118 valence electrons. The molecule has 1 aromatic carbocycles. The molecule has 1 aromatic heterocycles. The molecule has 5 heteroatoms. The number of hydrogen-bond donors (Lipinski definition) is 2. The topological polar surface area (TPSA) is 71.5 Å². The first kappa shape index (κ1) is 15.1. The van der Waals surface area contributed by atoms with Gasteiger partial charge in [0.1, 0.15) is 0 Å². The molecule has 5 nitrogen and oxygen atoms in total. The van der Waals surface area contributed by atoms with Crippen LogP contribution in [0, 0.1) is 0 Å². The van der Waals surface area contributed by atoms with E-state index in [-0.39, 0.29) is 0 Å². The highest BCUT2D eigenvalue weighted by molar-refractivity contribution is 6.04. The lowest BCUT2D eigenvalue weighted by Crippen LogP contribution is -2.21. The van der Waals surface area contributed by atoms with E-state index in [4.69, 9.17) is 5.73 Å². The minimum atomic E-state index is -0.862. The molecule has 2 aromatic rings. The molecular weight excluding hydrogens is 278 g/mol. The predicted molar refractivity (Wildman–Crippen MR) is 87.3 cm³/mol. The van der Waals surface area contributed by atoms with Crippen molar-refractivity contribution in [2.75, 3.05) is 26.2 Å². The highest BCUT2D eigenvalue weighted by Crippen LogP contribution is 2.26. The lowest BCUT2D eigenvalue weighted by atomic mass is 10.0. The second-order valence-corrected chi connectivity index (χ2v) is 5.94. The first-order valence-corrected chi connectivity index (χ1v) is 7.97. The molecule has 3 rings (SSSR count). The van der Waals surface area contributed by atoms with Gasteiger partial charge in [-0.05, 0) is 50.0 Å². The van der Waals surface area contributed by atoms with Crippen molar-refractivity contribution in [2.45, 2.75) is 25.8 Å². The second-order valence-electron chi connectivity index (χ2n) is 5.94. The van der Waals surface area contributed by atoms with Crippen molar-refractivity contribution in [1.82, 2.24) is 9.47 Å². The number of aromatic carboxylic acids is 1. The van der Waals surface area contributed by atoms with Gasteiger partial charge in [0.25, 0.3) is 0 Å². The number of fused-ring (bicyclic) bond motifs is 1. The summed E-state index contributed by atoms with van der Waals surface area (Å²) >= 11 is 0. The lowest BCUT2D eigenvalue weighted by molar-refractivity contribution is 0.0699. The van der Waals surface area contributed by atoms with E-state index in [1.54, 1.807) is 6.07 Å². The summed E-state index contributed by atoms with van der Waals surface area (Å²) in [6, 6.07) is 5.48. The quantitative estimate of drug-likeness (QED) is 0.855. The molecule has 0 radical (unpaired) electrons. The molecule has 2 heterocycles. The van der Waals surface area contributed by atoms with Gasteiger partial charge in [-0.15, -0.1) is 0 Å². The number of carboxylic acids is 1.